The zero-order valence-electron chi connectivity index (χ0n) is 21.6. The third kappa shape index (κ3) is 7.24. The largest absolute Gasteiger partial charge is 0.493 e. The molecule has 0 aliphatic carbocycles. The summed E-state index contributed by atoms with van der Waals surface area (Å²) < 4.78 is 121. The number of benzene rings is 3. The summed E-state index contributed by atoms with van der Waals surface area (Å²) in [6.45, 7) is -0.410. The molecular formula is C28H21F6NO6S. The quantitative estimate of drug-likeness (QED) is 0.150. The monoisotopic (exact) mass is 613 g/mol. The van der Waals surface area contributed by atoms with Crippen LogP contribution < -0.4 is 8.92 Å². The van der Waals surface area contributed by atoms with Gasteiger partial charge in [-0.05, 0) is 66.2 Å². The van der Waals surface area contributed by atoms with Crippen LogP contribution in [0.2, 0.25) is 0 Å². The fourth-order valence-electron chi connectivity index (χ4n) is 3.90. The highest BCUT2D eigenvalue weighted by atomic mass is 32.2. The van der Waals surface area contributed by atoms with Crippen molar-refractivity contribution in [2.45, 2.75) is 30.3 Å². The lowest BCUT2D eigenvalue weighted by atomic mass is 10.1. The highest BCUT2D eigenvalue weighted by molar-refractivity contribution is 7.87. The second-order valence-corrected chi connectivity index (χ2v) is 10.4. The van der Waals surface area contributed by atoms with Gasteiger partial charge in [-0.1, -0.05) is 18.2 Å². The van der Waals surface area contributed by atoms with E-state index in [0.29, 0.717) is 24.0 Å². The van der Waals surface area contributed by atoms with Gasteiger partial charge in [0.2, 0.25) is 0 Å². The molecule has 0 spiro atoms. The first-order valence-electron chi connectivity index (χ1n) is 11.9. The molecule has 1 heterocycles. The van der Waals surface area contributed by atoms with Crippen molar-refractivity contribution in [3.8, 4) is 11.5 Å². The zero-order chi connectivity index (χ0) is 30.7. The van der Waals surface area contributed by atoms with Crippen LogP contribution in [0.4, 0.5) is 26.3 Å². The minimum atomic E-state index is -4.80. The maximum absolute atomic E-state index is 13.4. The van der Waals surface area contributed by atoms with Gasteiger partial charge >= 0.3 is 22.5 Å². The summed E-state index contributed by atoms with van der Waals surface area (Å²) in [6, 6.07) is 13.9. The topological polar surface area (TPSA) is 86.0 Å². The predicted octanol–water partition coefficient (Wildman–Crippen LogP) is 6.94. The molecule has 0 aliphatic heterocycles. The number of halogens is 6. The lowest BCUT2D eigenvalue weighted by Gasteiger charge is -2.23. The minimum Gasteiger partial charge on any atom is -0.493 e. The molecule has 42 heavy (non-hydrogen) atoms. The molecule has 4 rings (SSSR count). The van der Waals surface area contributed by atoms with Gasteiger partial charge in [0.05, 0.1) is 31.0 Å². The van der Waals surface area contributed by atoms with E-state index in [0.717, 1.165) is 24.3 Å². The summed E-state index contributed by atoms with van der Waals surface area (Å²) in [7, 11) is -3.57. The smallest absolute Gasteiger partial charge is 0.416 e. The molecular weight excluding hydrogens is 592 g/mol. The molecule has 0 saturated carbocycles. The third-order valence-electron chi connectivity index (χ3n) is 5.90. The van der Waals surface area contributed by atoms with Gasteiger partial charge in [0.1, 0.15) is 10.7 Å². The van der Waals surface area contributed by atoms with Gasteiger partial charge in [-0.3, -0.25) is 4.79 Å². The second-order valence-electron chi connectivity index (χ2n) is 8.87. The van der Waals surface area contributed by atoms with E-state index in [1.165, 1.54) is 42.5 Å². The van der Waals surface area contributed by atoms with E-state index in [9.17, 15) is 39.6 Å². The summed E-state index contributed by atoms with van der Waals surface area (Å²) in [5.74, 6) is -0.951. The number of carbonyl (C=O) groups is 1. The summed E-state index contributed by atoms with van der Waals surface area (Å²) in [6.07, 6.45) is -8.14. The van der Waals surface area contributed by atoms with Crippen LogP contribution >= 0.6 is 0 Å². The zero-order valence-corrected chi connectivity index (χ0v) is 22.4. The molecule has 0 unspecified atom stereocenters. The Balaban J connectivity index is 1.66. The number of rotatable bonds is 9. The molecule has 0 atom stereocenters. The van der Waals surface area contributed by atoms with Crippen molar-refractivity contribution >= 4 is 16.0 Å². The standard InChI is InChI=1S/C28H21F6NO6S/c1-39-24-11-10-18(13-25(24)41-42(37,38)23-9-3-7-21(15-23)28(32,33)34)16-35(17-22-8-4-12-40-22)26(36)19-5-2-6-20(14-19)27(29,30)31/h2-15H,16-17H2,1H3. The number of alkyl halides is 6. The number of ether oxygens (including phenoxy) is 1. The molecule has 0 saturated heterocycles. The Labute approximate surface area is 236 Å². The maximum Gasteiger partial charge on any atom is 0.416 e. The van der Waals surface area contributed by atoms with Crippen LogP contribution in [-0.4, -0.2) is 26.3 Å². The first-order chi connectivity index (χ1) is 19.7. The lowest BCUT2D eigenvalue weighted by molar-refractivity contribution is -0.138. The Morgan fingerprint density at radius 3 is 2.10 bits per heavy atom. The van der Waals surface area contributed by atoms with E-state index in [2.05, 4.69) is 0 Å². The summed E-state index contributed by atoms with van der Waals surface area (Å²) in [5.41, 5.74) is -2.22. The van der Waals surface area contributed by atoms with Gasteiger partial charge in [-0.15, -0.1) is 0 Å². The van der Waals surface area contributed by atoms with Gasteiger partial charge < -0.3 is 18.2 Å². The van der Waals surface area contributed by atoms with Crippen LogP contribution in [-0.2, 0) is 35.6 Å². The number of methoxy groups -OCH3 is 1. The third-order valence-corrected chi connectivity index (χ3v) is 7.13. The molecule has 7 nitrogen and oxygen atoms in total. The van der Waals surface area contributed by atoms with Crippen LogP contribution in [0.25, 0.3) is 0 Å². The van der Waals surface area contributed by atoms with Crippen LogP contribution in [0.15, 0.2) is 94.4 Å². The van der Waals surface area contributed by atoms with E-state index in [1.807, 2.05) is 0 Å². The Morgan fingerprint density at radius 2 is 1.48 bits per heavy atom. The molecule has 0 bridgehead atoms. The minimum absolute atomic E-state index is 0.0870. The van der Waals surface area contributed by atoms with Gasteiger partial charge in [0.25, 0.3) is 5.91 Å². The SMILES string of the molecule is COc1ccc(CN(Cc2ccco2)C(=O)c2cccc(C(F)(F)F)c2)cc1OS(=O)(=O)c1cccc(C(F)(F)F)c1. The lowest BCUT2D eigenvalue weighted by Crippen LogP contribution is -2.30. The van der Waals surface area contributed by atoms with Crippen LogP contribution in [0.5, 0.6) is 11.5 Å². The second kappa shape index (κ2) is 11.8. The predicted molar refractivity (Wildman–Crippen MR) is 136 cm³/mol. The molecule has 0 aliphatic rings. The number of furan rings is 1. The molecule has 3 aromatic carbocycles. The molecule has 1 amide bonds. The normalized spacial score (nSPS) is 12.2. The molecule has 0 N–H and O–H groups in total. The van der Waals surface area contributed by atoms with Crippen molar-refractivity contribution in [3.63, 3.8) is 0 Å². The molecule has 222 valence electrons. The van der Waals surface area contributed by atoms with Gasteiger partial charge in [-0.2, -0.15) is 34.8 Å². The molecule has 4 aromatic rings. The van der Waals surface area contributed by atoms with Gasteiger partial charge in [0.15, 0.2) is 11.5 Å². The van der Waals surface area contributed by atoms with E-state index >= 15 is 0 Å². The van der Waals surface area contributed by atoms with Crippen LogP contribution in [0.3, 0.4) is 0 Å². The maximum atomic E-state index is 13.4. The summed E-state index contributed by atoms with van der Waals surface area (Å²) in [5, 5.41) is 0. The Bertz CT molecular complexity index is 1670. The van der Waals surface area contributed by atoms with Crippen LogP contribution in [0, 0.1) is 0 Å². The molecule has 0 radical (unpaired) electrons. The number of amides is 1. The van der Waals surface area contributed by atoms with E-state index in [1.54, 1.807) is 12.1 Å². The summed E-state index contributed by atoms with van der Waals surface area (Å²) in [4.78, 5) is 13.8. The van der Waals surface area contributed by atoms with Gasteiger partial charge in [-0.25, -0.2) is 0 Å². The van der Waals surface area contributed by atoms with Gasteiger partial charge in [0, 0.05) is 12.1 Å². The fraction of sp³-hybridized carbons (Fsp3) is 0.179. The number of carbonyl (C=O) groups excluding carboxylic acids is 1. The highest BCUT2D eigenvalue weighted by Crippen LogP contribution is 2.34. The van der Waals surface area contributed by atoms with Crippen molar-refractivity contribution in [1.82, 2.24) is 4.90 Å². The Morgan fingerprint density at radius 1 is 0.810 bits per heavy atom. The molecule has 14 heteroatoms. The first kappa shape index (κ1) is 30.5. The van der Waals surface area contributed by atoms with Crippen molar-refractivity contribution in [1.29, 1.82) is 0 Å². The Hall–Kier alpha value is -4.46. The average Bonchev–Trinajstić information content (AvgIpc) is 3.45. The highest BCUT2D eigenvalue weighted by Gasteiger charge is 2.33. The number of hydrogen-bond acceptors (Lipinski definition) is 6. The Kier molecular flexibility index (Phi) is 8.57. The average molecular weight is 614 g/mol. The summed E-state index contributed by atoms with van der Waals surface area (Å²) >= 11 is 0. The van der Waals surface area contributed by atoms with Crippen molar-refractivity contribution in [2.24, 2.45) is 0 Å². The van der Waals surface area contributed by atoms with Crippen molar-refractivity contribution in [2.75, 3.05) is 7.11 Å². The van der Waals surface area contributed by atoms with E-state index in [4.69, 9.17) is 13.3 Å². The number of hydrogen-bond donors (Lipinski definition) is 0. The number of nitrogens with zero attached hydrogens (tertiary/aromatic N) is 1. The van der Waals surface area contributed by atoms with E-state index < -0.39 is 50.1 Å². The fourth-order valence-corrected chi connectivity index (χ4v) is 4.88. The van der Waals surface area contributed by atoms with Crippen LogP contribution in [0.1, 0.15) is 32.8 Å². The molecule has 1 aromatic heterocycles. The van der Waals surface area contributed by atoms with E-state index in [-0.39, 0.29) is 30.0 Å². The molecule has 0 fully saturated rings. The first-order valence-corrected chi connectivity index (χ1v) is 13.4. The van der Waals surface area contributed by atoms with Crippen molar-refractivity contribution < 1.29 is 52.9 Å². The van der Waals surface area contributed by atoms with Crippen molar-refractivity contribution in [3.05, 3.63) is 113 Å².